The van der Waals surface area contributed by atoms with Crippen molar-refractivity contribution >= 4 is 29.0 Å². The largest absolute Gasteiger partial charge is 0.381 e. The van der Waals surface area contributed by atoms with Crippen molar-refractivity contribution < 1.29 is 0 Å². The molecule has 0 unspecified atom stereocenters. The Morgan fingerprint density at radius 3 is 2.67 bits per heavy atom. The minimum absolute atomic E-state index is 0.381. The molecule has 0 atom stereocenters. The maximum atomic E-state index is 6.05. The number of nitrogens with two attached hydrogens (primary N) is 1. The molecule has 0 fully saturated rings. The van der Waals surface area contributed by atoms with E-state index in [4.69, 9.17) is 28.9 Å². The van der Waals surface area contributed by atoms with Gasteiger partial charge in [0.05, 0.1) is 21.4 Å². The summed E-state index contributed by atoms with van der Waals surface area (Å²) < 4.78 is 1.56. The van der Waals surface area contributed by atoms with E-state index in [0.717, 1.165) is 5.69 Å². The lowest BCUT2D eigenvalue weighted by molar-refractivity contribution is 0.785. The van der Waals surface area contributed by atoms with Crippen molar-refractivity contribution in [3.05, 3.63) is 33.9 Å². The molecule has 1 heterocycles. The van der Waals surface area contributed by atoms with Crippen LogP contribution in [0.3, 0.4) is 0 Å². The summed E-state index contributed by atoms with van der Waals surface area (Å²) in [5.74, 6) is 0.381. The van der Waals surface area contributed by atoms with Crippen molar-refractivity contribution in [2.24, 2.45) is 0 Å². The third kappa shape index (κ3) is 1.66. The molecule has 0 bridgehead atoms. The van der Waals surface area contributed by atoms with Crippen LogP contribution in [0.5, 0.6) is 0 Å². The summed E-state index contributed by atoms with van der Waals surface area (Å²) in [7, 11) is 0. The van der Waals surface area contributed by atoms with E-state index >= 15 is 0 Å². The van der Waals surface area contributed by atoms with Gasteiger partial charge in [0.25, 0.3) is 0 Å². The summed E-state index contributed by atoms with van der Waals surface area (Å²) in [6.07, 6.45) is 0. The number of anilines is 1. The predicted octanol–water partition coefficient (Wildman–Crippen LogP) is 2.46. The fourth-order valence-electron chi connectivity index (χ4n) is 1.23. The summed E-state index contributed by atoms with van der Waals surface area (Å²) in [5, 5.41) is 8.55. The third-order valence-corrected chi connectivity index (χ3v) is 2.90. The number of benzene rings is 1. The van der Waals surface area contributed by atoms with Crippen LogP contribution in [0, 0.1) is 6.92 Å². The van der Waals surface area contributed by atoms with Gasteiger partial charge in [-0.2, -0.15) is 0 Å². The highest BCUT2D eigenvalue weighted by molar-refractivity contribution is 6.43. The van der Waals surface area contributed by atoms with Gasteiger partial charge in [-0.1, -0.05) is 34.5 Å². The highest BCUT2D eigenvalue weighted by atomic mass is 35.5. The smallest absolute Gasteiger partial charge is 0.169 e. The Kier molecular flexibility index (Phi) is 2.54. The standard InChI is InChI=1S/C9H8Cl2N4/c1-5-9(12)13-14-15(5)7-4-2-3-6(10)8(7)11/h2-4H,12H2,1H3. The van der Waals surface area contributed by atoms with Crippen molar-refractivity contribution in [2.75, 3.05) is 5.73 Å². The lowest BCUT2D eigenvalue weighted by Gasteiger charge is -2.06. The van der Waals surface area contributed by atoms with Crippen LogP contribution >= 0.6 is 23.2 Å². The van der Waals surface area contributed by atoms with Gasteiger partial charge in [-0.3, -0.25) is 0 Å². The number of nitrogen functional groups attached to an aromatic ring is 1. The van der Waals surface area contributed by atoms with E-state index < -0.39 is 0 Å². The van der Waals surface area contributed by atoms with E-state index in [1.165, 1.54) is 0 Å². The Morgan fingerprint density at radius 1 is 1.33 bits per heavy atom. The van der Waals surface area contributed by atoms with E-state index in [9.17, 15) is 0 Å². The molecule has 1 aromatic carbocycles. The molecule has 0 aliphatic rings. The van der Waals surface area contributed by atoms with Crippen LogP contribution in [0.15, 0.2) is 18.2 Å². The highest BCUT2D eigenvalue weighted by Crippen LogP contribution is 2.29. The zero-order chi connectivity index (χ0) is 11.0. The van der Waals surface area contributed by atoms with Gasteiger partial charge in [0.15, 0.2) is 5.82 Å². The minimum Gasteiger partial charge on any atom is -0.381 e. The van der Waals surface area contributed by atoms with Crippen LogP contribution in [-0.2, 0) is 0 Å². The third-order valence-electron chi connectivity index (χ3n) is 2.09. The maximum absolute atomic E-state index is 6.05. The zero-order valence-electron chi connectivity index (χ0n) is 7.91. The Balaban J connectivity index is 2.64. The van der Waals surface area contributed by atoms with Crippen LogP contribution in [0.2, 0.25) is 10.0 Å². The second-order valence-electron chi connectivity index (χ2n) is 3.04. The van der Waals surface area contributed by atoms with Gasteiger partial charge in [-0.05, 0) is 19.1 Å². The van der Waals surface area contributed by atoms with E-state index in [1.54, 1.807) is 22.9 Å². The molecule has 4 nitrogen and oxygen atoms in total. The van der Waals surface area contributed by atoms with E-state index in [0.29, 0.717) is 21.6 Å². The molecule has 0 amide bonds. The van der Waals surface area contributed by atoms with Crippen molar-refractivity contribution in [3.8, 4) is 5.69 Å². The topological polar surface area (TPSA) is 56.7 Å². The minimum atomic E-state index is 0.381. The molecule has 0 radical (unpaired) electrons. The highest BCUT2D eigenvalue weighted by Gasteiger charge is 2.11. The first-order valence-electron chi connectivity index (χ1n) is 4.23. The summed E-state index contributed by atoms with van der Waals surface area (Å²) >= 11 is 11.9. The normalized spacial score (nSPS) is 10.6. The van der Waals surface area contributed by atoms with Crippen LogP contribution in [0.1, 0.15) is 5.69 Å². The monoisotopic (exact) mass is 242 g/mol. The van der Waals surface area contributed by atoms with Gasteiger partial charge in [0.1, 0.15) is 0 Å². The van der Waals surface area contributed by atoms with E-state index in [-0.39, 0.29) is 0 Å². The summed E-state index contributed by atoms with van der Waals surface area (Å²) in [5.41, 5.74) is 7.00. The first-order chi connectivity index (χ1) is 7.11. The molecule has 2 aromatic rings. The summed E-state index contributed by atoms with van der Waals surface area (Å²) in [6, 6.07) is 5.30. The van der Waals surface area contributed by atoms with Gasteiger partial charge in [0, 0.05) is 0 Å². The van der Waals surface area contributed by atoms with Crippen molar-refractivity contribution in [1.82, 2.24) is 15.0 Å². The van der Waals surface area contributed by atoms with Gasteiger partial charge in [0.2, 0.25) is 0 Å². The van der Waals surface area contributed by atoms with Gasteiger partial charge >= 0.3 is 0 Å². The fraction of sp³-hybridized carbons (Fsp3) is 0.111. The lowest BCUT2D eigenvalue weighted by Crippen LogP contribution is -2.00. The molecule has 78 valence electrons. The molecule has 0 spiro atoms. The van der Waals surface area contributed by atoms with Gasteiger partial charge in [-0.25, -0.2) is 4.68 Å². The first-order valence-corrected chi connectivity index (χ1v) is 4.99. The number of hydrogen-bond donors (Lipinski definition) is 1. The molecule has 0 saturated heterocycles. The van der Waals surface area contributed by atoms with Crippen LogP contribution in [-0.4, -0.2) is 15.0 Å². The van der Waals surface area contributed by atoms with E-state index in [2.05, 4.69) is 10.3 Å². The van der Waals surface area contributed by atoms with E-state index in [1.807, 2.05) is 6.92 Å². The van der Waals surface area contributed by atoms with Gasteiger partial charge < -0.3 is 5.73 Å². The van der Waals surface area contributed by atoms with Gasteiger partial charge in [-0.15, -0.1) is 5.10 Å². The lowest BCUT2D eigenvalue weighted by atomic mass is 10.3. The average Bonchev–Trinajstić information content (AvgIpc) is 2.53. The zero-order valence-corrected chi connectivity index (χ0v) is 9.42. The average molecular weight is 243 g/mol. The number of hydrogen-bond acceptors (Lipinski definition) is 3. The Bertz CT molecular complexity index is 507. The molecule has 2 N–H and O–H groups in total. The maximum Gasteiger partial charge on any atom is 0.169 e. The van der Waals surface area contributed by atoms with Crippen LogP contribution < -0.4 is 5.73 Å². The molecule has 0 aliphatic heterocycles. The Morgan fingerprint density at radius 2 is 2.07 bits per heavy atom. The summed E-state index contributed by atoms with van der Waals surface area (Å²) in [4.78, 5) is 0. The molecule has 6 heteroatoms. The molecule has 2 rings (SSSR count). The van der Waals surface area contributed by atoms with Crippen LogP contribution in [0.25, 0.3) is 5.69 Å². The number of halogens is 2. The molecule has 15 heavy (non-hydrogen) atoms. The van der Waals surface area contributed by atoms with Crippen LogP contribution in [0.4, 0.5) is 5.82 Å². The second kappa shape index (κ2) is 3.72. The van der Waals surface area contributed by atoms with Crippen molar-refractivity contribution in [2.45, 2.75) is 6.92 Å². The fourth-order valence-corrected chi connectivity index (χ4v) is 1.60. The second-order valence-corrected chi connectivity index (χ2v) is 3.83. The number of rotatable bonds is 1. The molecular formula is C9H8Cl2N4. The predicted molar refractivity (Wildman–Crippen MR) is 60.5 cm³/mol. The molecule has 0 aliphatic carbocycles. The quantitative estimate of drug-likeness (QED) is 0.836. The Labute approximate surface area is 96.6 Å². The molecule has 0 saturated carbocycles. The first kappa shape index (κ1) is 10.3. The van der Waals surface area contributed by atoms with Crippen molar-refractivity contribution in [1.29, 1.82) is 0 Å². The molecular weight excluding hydrogens is 235 g/mol. The SMILES string of the molecule is Cc1c(N)nnn1-c1cccc(Cl)c1Cl. The summed E-state index contributed by atoms with van der Waals surface area (Å²) in [6.45, 7) is 1.81. The van der Waals surface area contributed by atoms with Crippen molar-refractivity contribution in [3.63, 3.8) is 0 Å². The number of nitrogens with zero attached hydrogens (tertiary/aromatic N) is 3. The number of aromatic nitrogens is 3. The molecule has 1 aromatic heterocycles. The Hall–Kier alpha value is -1.26.